The Bertz CT molecular complexity index is 3000. The van der Waals surface area contributed by atoms with Gasteiger partial charge in [0.1, 0.15) is 22.7 Å². The third-order valence-electron chi connectivity index (χ3n) is 14.3. The van der Waals surface area contributed by atoms with E-state index in [0.29, 0.717) is 25.6 Å². The van der Waals surface area contributed by atoms with Crippen LogP contribution in [0.2, 0.25) is 0 Å². The van der Waals surface area contributed by atoms with Gasteiger partial charge in [0.2, 0.25) is 0 Å². The van der Waals surface area contributed by atoms with Gasteiger partial charge in [-0.25, -0.2) is 27.5 Å². The molecule has 0 saturated carbocycles. The monoisotopic (exact) mass is 1400 g/mol. The number of hydrogen-bond acceptors (Lipinski definition) is 8. The number of anilines is 3. The molecule has 0 radical (unpaired) electrons. The predicted molar refractivity (Wildman–Crippen MR) is 369 cm³/mol. The molecule has 3 heterocycles. The second-order valence-corrected chi connectivity index (χ2v) is 29.2. The third kappa shape index (κ3) is 25.3. The fourth-order valence-electron chi connectivity index (χ4n) is 9.26. The van der Waals surface area contributed by atoms with Gasteiger partial charge in [0, 0.05) is 37.9 Å². The third-order valence-corrected chi connectivity index (χ3v) is 22.6. The van der Waals surface area contributed by atoms with Crippen molar-refractivity contribution in [3.63, 3.8) is 0 Å². The van der Waals surface area contributed by atoms with Crippen molar-refractivity contribution in [2.24, 2.45) is 0 Å². The van der Waals surface area contributed by atoms with Crippen molar-refractivity contribution < 1.29 is 31.0 Å². The molecular weight excluding hydrogens is 1310 g/mol. The van der Waals surface area contributed by atoms with E-state index in [0.717, 1.165) is 67.4 Å². The van der Waals surface area contributed by atoms with Crippen LogP contribution in [0.3, 0.4) is 0 Å². The molecule has 0 saturated heterocycles. The first-order valence-electron chi connectivity index (χ1n) is 30.6. The van der Waals surface area contributed by atoms with Crippen molar-refractivity contribution in [3.8, 4) is 39.5 Å². The average molecular weight is 1400 g/mol. The van der Waals surface area contributed by atoms with Gasteiger partial charge in [-0.1, -0.05) is 194 Å². The predicted octanol–water partition coefficient (Wildman–Crippen LogP) is 22.6. The molecule has 84 heavy (non-hydrogen) atoms. The van der Waals surface area contributed by atoms with Crippen molar-refractivity contribution in [1.29, 1.82) is 5.26 Å². The summed E-state index contributed by atoms with van der Waals surface area (Å²) >= 11 is 4.09. The number of aromatic nitrogens is 2. The zero-order valence-corrected chi connectivity index (χ0v) is 58.2. The molecule has 12 heteroatoms. The minimum absolute atomic E-state index is 0. The first-order chi connectivity index (χ1) is 40.4. The van der Waals surface area contributed by atoms with Crippen LogP contribution in [-0.4, -0.2) is 56.8 Å². The maximum Gasteiger partial charge on any atom is 2.00 e. The van der Waals surface area contributed by atoms with Gasteiger partial charge < -0.3 is 22.9 Å². The molecule has 0 unspecified atom stereocenters. The maximum atomic E-state index is 10.5. The van der Waals surface area contributed by atoms with E-state index in [4.69, 9.17) is 32.0 Å². The molecule has 4 aromatic carbocycles. The second kappa shape index (κ2) is 43.0. The van der Waals surface area contributed by atoms with Crippen LogP contribution in [0.4, 0.5) is 17.1 Å². The van der Waals surface area contributed by atoms with Crippen LogP contribution in [-0.2, 0) is 32.3 Å². The number of carboxylic acids is 1. The van der Waals surface area contributed by atoms with E-state index in [9.17, 15) is 4.79 Å². The molecular formula is C72H92N4O2P2PtS3. The molecule has 7 rings (SSSR count). The van der Waals surface area contributed by atoms with Crippen molar-refractivity contribution in [1.82, 2.24) is 8.75 Å². The van der Waals surface area contributed by atoms with Gasteiger partial charge >= 0.3 is 27.0 Å². The summed E-state index contributed by atoms with van der Waals surface area (Å²) in [6.07, 6.45) is 48.2. The first-order valence-corrected chi connectivity index (χ1v) is 36.7. The molecule has 0 amide bonds. The fourth-order valence-corrected chi connectivity index (χ4v) is 17.6. The number of nitrogens with zero attached hydrogens (tertiary/aromatic N) is 4. The van der Waals surface area contributed by atoms with Crippen molar-refractivity contribution in [2.45, 2.75) is 171 Å². The van der Waals surface area contributed by atoms with Crippen LogP contribution in [0.25, 0.3) is 38.7 Å². The Morgan fingerprint density at radius 1 is 0.571 bits per heavy atom. The van der Waals surface area contributed by atoms with E-state index in [-0.39, 0.29) is 26.6 Å². The number of thiophene rings is 2. The summed E-state index contributed by atoms with van der Waals surface area (Å²) in [4.78, 5) is 16.0. The van der Waals surface area contributed by atoms with Crippen LogP contribution in [0.5, 0.6) is 0 Å². The number of fused-ring (bicyclic) bond motifs is 1. The molecule has 450 valence electrons. The van der Waals surface area contributed by atoms with E-state index >= 15 is 0 Å². The molecule has 7 aromatic rings. The van der Waals surface area contributed by atoms with Crippen LogP contribution >= 0.6 is 50.2 Å². The summed E-state index contributed by atoms with van der Waals surface area (Å²) in [6.45, 7) is 20.3. The zero-order chi connectivity index (χ0) is 60.2. The Morgan fingerprint density at radius 2 is 1.01 bits per heavy atom. The molecule has 0 aliphatic carbocycles. The van der Waals surface area contributed by atoms with Gasteiger partial charge in [-0.3, -0.25) is 11.8 Å². The summed E-state index contributed by atoms with van der Waals surface area (Å²) in [5, 5.41) is 17.0. The zero-order valence-electron chi connectivity index (χ0n) is 51.7. The summed E-state index contributed by atoms with van der Waals surface area (Å²) in [5.41, 5.74) is 11.8. The maximum absolute atomic E-state index is 10.5. The van der Waals surface area contributed by atoms with Crippen LogP contribution in [0.1, 0.15) is 183 Å². The number of carboxylic acid groups (broad SMARTS) is 1. The molecule has 1 N–H and O–H groups in total. The quantitative estimate of drug-likeness (QED) is 0.0120. The Kier molecular flexibility index (Phi) is 37.6. The Labute approximate surface area is 536 Å². The summed E-state index contributed by atoms with van der Waals surface area (Å²) < 4.78 is 9.48. The Morgan fingerprint density at radius 3 is 1.42 bits per heavy atom. The van der Waals surface area contributed by atoms with E-state index in [1.807, 2.05) is 0 Å². The molecule has 0 atom stereocenters. The van der Waals surface area contributed by atoms with E-state index in [2.05, 4.69) is 170 Å². The fraction of sp³-hybridized carbons (Fsp3) is 0.444. The number of nitriles is 1. The van der Waals surface area contributed by atoms with Crippen molar-refractivity contribution in [3.05, 3.63) is 153 Å². The van der Waals surface area contributed by atoms with Gasteiger partial charge in [-0.2, -0.15) is 14.0 Å². The Balaban J connectivity index is 0.000000367. The molecule has 0 bridgehead atoms. The molecule has 3 aromatic heterocycles. The topological polar surface area (TPSA) is 90.1 Å². The molecule has 0 fully saturated rings. The number of benzene rings is 4. The molecule has 0 aliphatic heterocycles. The molecule has 0 aliphatic rings. The van der Waals surface area contributed by atoms with E-state index in [1.54, 1.807) is 66.5 Å². The van der Waals surface area contributed by atoms with Crippen LogP contribution in [0.15, 0.2) is 109 Å². The summed E-state index contributed by atoms with van der Waals surface area (Å²) in [7, 11) is 0.843. The van der Waals surface area contributed by atoms with Gasteiger partial charge in [0.25, 0.3) is 0 Å². The molecule has 6 nitrogen and oxygen atoms in total. The number of hydrogen-bond donors (Lipinski definition) is 1. The second-order valence-electron chi connectivity index (χ2n) is 21.2. The van der Waals surface area contributed by atoms with Gasteiger partial charge in [0.05, 0.1) is 11.7 Å². The SMILES string of the molecule is CCCCP(CCCC)CCCC.CCCCP(CCCC)CCCC.[C-]#Cc1ccc(/C=C(\C#N)C(=O)O)s1.[C-]#Cc1sc(-c2ccc(-c3ccc(N(c4ccc(C)cc4)c4ccc(C)cc4)cc3)c3nsnc23)cc1CCCCCC.[Pt+2]. The smallest absolute Gasteiger partial charge is 0.477 e. The van der Waals surface area contributed by atoms with E-state index < -0.39 is 5.97 Å². The summed E-state index contributed by atoms with van der Waals surface area (Å²) in [5.74, 6) is 3.61. The summed E-state index contributed by atoms with van der Waals surface area (Å²) in [6, 6.07) is 37.5. The standard InChI is InChI=1S/C38H34N3S2.2C12H27P.C10H4NO2S.Pt/c1-5-7-8-9-10-29-25-36(42-35(29)6-2)34-24-23-33(37-38(34)40-43-39-37)28-15-21-32(22-16-28)41(30-17-11-26(3)12-18-30)31-19-13-27(4)14-20-31;2*1-4-7-10-13(11-8-5-2)12-9-6-3;1-2-8-3-4-9(14-8)5-7(6-11)10(12)13;/h11-25H,5,7-10H2,1,3-4H3;2*4-12H2,1-3H3;3-5H,(H,12,13);/q-1;;;-1;+2/b;;;7-5+;. The van der Waals surface area contributed by atoms with Gasteiger partial charge in [0.15, 0.2) is 0 Å². The van der Waals surface area contributed by atoms with Crippen molar-refractivity contribution >= 4 is 90.4 Å². The van der Waals surface area contributed by atoms with Crippen LogP contribution in [0, 0.1) is 49.9 Å². The van der Waals surface area contributed by atoms with Crippen molar-refractivity contribution in [2.75, 3.05) is 41.9 Å². The number of rotatable bonds is 30. The number of unbranched alkanes of at least 4 members (excludes halogenated alkanes) is 9. The van der Waals surface area contributed by atoms with Gasteiger partial charge in [-0.15, -0.1) is 27.5 Å². The first kappa shape index (κ1) is 73.5. The van der Waals surface area contributed by atoms with E-state index in [1.165, 1.54) is 142 Å². The largest absolute Gasteiger partial charge is 2.00 e. The minimum atomic E-state index is -1.25. The Hall–Kier alpha value is -4.73. The van der Waals surface area contributed by atoms with Gasteiger partial charge in [-0.05, 0) is 144 Å². The van der Waals surface area contributed by atoms with Crippen LogP contribution < -0.4 is 4.90 Å². The number of aliphatic carboxylic acids is 1. The number of carbonyl (C=O) groups is 1. The molecule has 0 spiro atoms. The number of aryl methyl sites for hydroxylation is 3. The minimum Gasteiger partial charge on any atom is -0.477 e. The normalized spacial score (nSPS) is 10.8. The average Bonchev–Trinajstić information content (AvgIpc) is 3.92.